The van der Waals surface area contributed by atoms with Crippen LogP contribution in [0.5, 0.6) is 0 Å². The summed E-state index contributed by atoms with van der Waals surface area (Å²) in [6, 6.07) is 0. The molecule has 1 aliphatic carbocycles. The van der Waals surface area contributed by atoms with Crippen molar-refractivity contribution in [2.45, 2.75) is 63.3 Å². The summed E-state index contributed by atoms with van der Waals surface area (Å²) in [7, 11) is 0. The first-order valence-corrected chi connectivity index (χ1v) is 9.47. The highest BCUT2D eigenvalue weighted by molar-refractivity contribution is 5.85. The molecular weight excluding hydrogens is 326 g/mol. The molecule has 3 aliphatic rings. The Morgan fingerprint density at radius 2 is 2.00 bits per heavy atom. The standard InChI is InChI=1S/C18H29NO6/c1-2-18(5-3-4-6-18)25-17(21)15-13-14(16(20)24-15)23-12-9-19-7-10-22-11-8-19/h14-15H,2-13H2,1H3. The van der Waals surface area contributed by atoms with Gasteiger partial charge in [0, 0.05) is 26.1 Å². The van der Waals surface area contributed by atoms with Crippen molar-refractivity contribution >= 4 is 11.9 Å². The van der Waals surface area contributed by atoms with E-state index in [-0.39, 0.29) is 12.0 Å². The minimum absolute atomic E-state index is 0.251. The number of cyclic esters (lactones) is 1. The molecule has 3 rings (SSSR count). The number of hydrogen-bond acceptors (Lipinski definition) is 7. The Morgan fingerprint density at radius 3 is 2.68 bits per heavy atom. The number of ether oxygens (including phenoxy) is 4. The van der Waals surface area contributed by atoms with Crippen molar-refractivity contribution in [3.8, 4) is 0 Å². The van der Waals surface area contributed by atoms with Gasteiger partial charge in [-0.1, -0.05) is 6.92 Å². The number of esters is 2. The molecule has 0 aromatic carbocycles. The van der Waals surface area contributed by atoms with Crippen LogP contribution in [-0.2, 0) is 28.5 Å². The van der Waals surface area contributed by atoms with Gasteiger partial charge < -0.3 is 18.9 Å². The Balaban J connectivity index is 1.42. The second kappa shape index (κ2) is 8.47. The molecule has 0 bridgehead atoms. The first kappa shape index (κ1) is 18.6. The summed E-state index contributed by atoms with van der Waals surface area (Å²) in [4.78, 5) is 26.6. The van der Waals surface area contributed by atoms with Gasteiger partial charge in [-0.05, 0) is 32.1 Å². The Hall–Kier alpha value is -1.18. The average Bonchev–Trinajstić information content (AvgIpc) is 3.24. The van der Waals surface area contributed by atoms with E-state index in [2.05, 4.69) is 4.90 Å². The molecule has 0 radical (unpaired) electrons. The largest absolute Gasteiger partial charge is 0.456 e. The van der Waals surface area contributed by atoms with E-state index in [4.69, 9.17) is 18.9 Å². The molecule has 2 saturated heterocycles. The molecule has 2 atom stereocenters. The Morgan fingerprint density at radius 1 is 1.28 bits per heavy atom. The molecule has 0 aromatic heterocycles. The normalized spacial score (nSPS) is 29.6. The summed E-state index contributed by atoms with van der Waals surface area (Å²) in [6.07, 6.45) is 3.52. The van der Waals surface area contributed by atoms with E-state index in [1.54, 1.807) is 0 Å². The van der Waals surface area contributed by atoms with Crippen molar-refractivity contribution in [3.05, 3.63) is 0 Å². The molecule has 1 saturated carbocycles. The molecule has 7 nitrogen and oxygen atoms in total. The highest BCUT2D eigenvalue weighted by Crippen LogP contribution is 2.37. The second-order valence-corrected chi connectivity index (χ2v) is 7.14. The summed E-state index contributed by atoms with van der Waals surface area (Å²) in [5.41, 5.74) is -0.362. The highest BCUT2D eigenvalue weighted by atomic mass is 16.6. The lowest BCUT2D eigenvalue weighted by Gasteiger charge is -2.28. The molecule has 25 heavy (non-hydrogen) atoms. The lowest BCUT2D eigenvalue weighted by atomic mass is 9.98. The van der Waals surface area contributed by atoms with Crippen LogP contribution in [0.2, 0.25) is 0 Å². The minimum Gasteiger partial charge on any atom is -0.456 e. The highest BCUT2D eigenvalue weighted by Gasteiger charge is 2.44. The molecule has 142 valence electrons. The van der Waals surface area contributed by atoms with Crippen molar-refractivity contribution in [3.63, 3.8) is 0 Å². The first-order valence-electron chi connectivity index (χ1n) is 9.47. The molecular formula is C18H29NO6. The van der Waals surface area contributed by atoms with Gasteiger partial charge in [-0.2, -0.15) is 0 Å². The van der Waals surface area contributed by atoms with Crippen LogP contribution in [-0.4, -0.2) is 74.1 Å². The number of morpholine rings is 1. The van der Waals surface area contributed by atoms with Crippen molar-refractivity contribution in [2.75, 3.05) is 39.5 Å². The first-order chi connectivity index (χ1) is 12.1. The van der Waals surface area contributed by atoms with Crippen molar-refractivity contribution < 1.29 is 28.5 Å². The fourth-order valence-corrected chi connectivity index (χ4v) is 3.81. The van der Waals surface area contributed by atoms with Crippen LogP contribution in [0.1, 0.15) is 45.4 Å². The van der Waals surface area contributed by atoms with Crippen molar-refractivity contribution in [2.24, 2.45) is 0 Å². The Kier molecular flexibility index (Phi) is 6.30. The van der Waals surface area contributed by atoms with E-state index in [0.717, 1.165) is 65.0 Å². The second-order valence-electron chi connectivity index (χ2n) is 7.14. The molecule has 2 unspecified atom stereocenters. The summed E-state index contributed by atoms with van der Waals surface area (Å²) in [5, 5.41) is 0. The zero-order valence-corrected chi connectivity index (χ0v) is 15.0. The predicted molar refractivity (Wildman–Crippen MR) is 89.1 cm³/mol. The maximum atomic E-state index is 12.4. The SMILES string of the molecule is CCC1(OC(=O)C2CC(OCCN3CCOCC3)C(=O)O2)CCCC1. The number of nitrogens with zero attached hydrogens (tertiary/aromatic N) is 1. The summed E-state index contributed by atoms with van der Waals surface area (Å²) in [5.74, 6) is -0.878. The lowest BCUT2D eigenvalue weighted by Crippen LogP contribution is -2.39. The number of hydrogen-bond donors (Lipinski definition) is 0. The van der Waals surface area contributed by atoms with E-state index in [1.165, 1.54) is 0 Å². The predicted octanol–water partition coefficient (Wildman–Crippen LogP) is 1.29. The average molecular weight is 355 g/mol. The Labute approximate surface area is 148 Å². The topological polar surface area (TPSA) is 74.3 Å². The van der Waals surface area contributed by atoms with Gasteiger partial charge in [0.2, 0.25) is 6.10 Å². The van der Waals surface area contributed by atoms with E-state index < -0.39 is 24.1 Å². The summed E-state index contributed by atoms with van der Waals surface area (Å²) >= 11 is 0. The van der Waals surface area contributed by atoms with Crippen LogP contribution in [0.15, 0.2) is 0 Å². The van der Waals surface area contributed by atoms with Crippen LogP contribution < -0.4 is 0 Å². The van der Waals surface area contributed by atoms with Crippen LogP contribution in [0.3, 0.4) is 0 Å². The third-order valence-corrected chi connectivity index (χ3v) is 5.52. The summed E-state index contributed by atoms with van der Waals surface area (Å²) < 4.78 is 21.9. The van der Waals surface area contributed by atoms with Gasteiger partial charge >= 0.3 is 11.9 Å². The van der Waals surface area contributed by atoms with Crippen LogP contribution >= 0.6 is 0 Å². The molecule has 0 amide bonds. The fraction of sp³-hybridized carbons (Fsp3) is 0.889. The van der Waals surface area contributed by atoms with Crippen LogP contribution in [0.25, 0.3) is 0 Å². The fourth-order valence-electron chi connectivity index (χ4n) is 3.81. The van der Waals surface area contributed by atoms with Crippen molar-refractivity contribution in [1.82, 2.24) is 4.90 Å². The van der Waals surface area contributed by atoms with Gasteiger partial charge in [-0.25, -0.2) is 9.59 Å². The van der Waals surface area contributed by atoms with E-state index in [1.807, 2.05) is 6.92 Å². The molecule has 3 fully saturated rings. The van der Waals surface area contributed by atoms with Gasteiger partial charge in [0.15, 0.2) is 6.10 Å². The minimum atomic E-state index is -0.829. The van der Waals surface area contributed by atoms with Crippen molar-refractivity contribution in [1.29, 1.82) is 0 Å². The summed E-state index contributed by atoms with van der Waals surface area (Å²) in [6.45, 7) is 6.47. The molecule has 0 spiro atoms. The molecule has 7 heteroatoms. The maximum Gasteiger partial charge on any atom is 0.348 e. The molecule has 2 heterocycles. The van der Waals surface area contributed by atoms with Gasteiger partial charge in [0.25, 0.3) is 0 Å². The van der Waals surface area contributed by atoms with Gasteiger partial charge in [-0.15, -0.1) is 0 Å². The van der Waals surface area contributed by atoms with E-state index in [9.17, 15) is 9.59 Å². The van der Waals surface area contributed by atoms with E-state index in [0.29, 0.717) is 6.61 Å². The quantitative estimate of drug-likeness (QED) is 0.637. The van der Waals surface area contributed by atoms with Gasteiger partial charge in [0.05, 0.1) is 19.8 Å². The number of rotatable bonds is 7. The monoisotopic (exact) mass is 355 g/mol. The third kappa shape index (κ3) is 4.71. The van der Waals surface area contributed by atoms with Gasteiger partial charge in [0.1, 0.15) is 5.60 Å². The lowest BCUT2D eigenvalue weighted by molar-refractivity contribution is -0.174. The molecule has 2 aliphatic heterocycles. The number of carbonyl (C=O) groups is 2. The third-order valence-electron chi connectivity index (χ3n) is 5.52. The zero-order chi connectivity index (χ0) is 17.7. The van der Waals surface area contributed by atoms with Crippen LogP contribution in [0.4, 0.5) is 0 Å². The smallest absolute Gasteiger partial charge is 0.348 e. The van der Waals surface area contributed by atoms with E-state index >= 15 is 0 Å². The van der Waals surface area contributed by atoms with Gasteiger partial charge in [-0.3, -0.25) is 4.90 Å². The molecule has 0 aromatic rings. The Bertz CT molecular complexity index is 470. The zero-order valence-electron chi connectivity index (χ0n) is 15.0. The maximum absolute atomic E-state index is 12.4. The van der Waals surface area contributed by atoms with Crippen LogP contribution in [0, 0.1) is 0 Å². The molecule has 0 N–H and O–H groups in total. The number of carbonyl (C=O) groups excluding carboxylic acids is 2.